The second-order valence-electron chi connectivity index (χ2n) is 9.06. The lowest BCUT2D eigenvalue weighted by Gasteiger charge is -2.38. The fourth-order valence-electron chi connectivity index (χ4n) is 4.89. The van der Waals surface area contributed by atoms with E-state index < -0.39 is 0 Å². The Kier molecular flexibility index (Phi) is 7.14. The Morgan fingerprint density at radius 3 is 2.53 bits per heavy atom. The largest absolute Gasteiger partial charge is 0.308 e. The van der Waals surface area contributed by atoms with Crippen molar-refractivity contribution >= 4 is 23.4 Å². The van der Waals surface area contributed by atoms with E-state index in [-0.39, 0.29) is 11.8 Å². The Morgan fingerprint density at radius 2 is 1.88 bits per heavy atom. The average molecular weight is 469 g/mol. The number of fused-ring (bicyclic) bond motifs is 3. The zero-order valence-corrected chi connectivity index (χ0v) is 21.8. The molecule has 4 rings (SSSR count). The molecule has 0 aliphatic carbocycles. The second kappa shape index (κ2) is 10.1. The molecule has 0 N–H and O–H groups in total. The summed E-state index contributed by atoms with van der Waals surface area (Å²) in [5.74, 6) is 6.32. The van der Waals surface area contributed by atoms with Gasteiger partial charge in [-0.05, 0) is 81.0 Å². The molecule has 0 saturated carbocycles. The van der Waals surface area contributed by atoms with E-state index in [1.165, 1.54) is 27.9 Å². The molecule has 0 fully saturated rings. The summed E-state index contributed by atoms with van der Waals surface area (Å²) in [4.78, 5) is 17.3. The Hall–Kier alpha value is -3.03. The highest BCUT2D eigenvalue weighted by molar-refractivity contribution is 8.00. The zero-order chi connectivity index (χ0) is 24.4. The Labute approximate surface area is 208 Å². The van der Waals surface area contributed by atoms with Gasteiger partial charge in [0, 0.05) is 36.4 Å². The van der Waals surface area contributed by atoms with E-state index in [9.17, 15) is 4.79 Å². The standard InChI is InChI=1S/C30H32N2OS/c1-7-8-9-10-23-16-26-22(5)32(34-6)30-21(4)25(15-20(3)33)27(17-28(30)29(26)31-18-23)24-13-11-19(2)12-14-24/h11-14,16-18,22H,9-10,15H2,1-6H3/t22-/m1/s1. The fraction of sp³-hybridized carbons (Fsp3) is 0.333. The van der Waals surface area contributed by atoms with Crippen molar-refractivity contribution in [1.29, 1.82) is 0 Å². The summed E-state index contributed by atoms with van der Waals surface area (Å²) in [6.07, 6.45) is 6.31. The number of carbonyl (C=O) groups is 1. The molecule has 1 aliphatic heterocycles. The third kappa shape index (κ3) is 4.50. The van der Waals surface area contributed by atoms with E-state index in [0.717, 1.165) is 40.8 Å². The maximum atomic E-state index is 12.3. The Bertz CT molecular complexity index is 1300. The van der Waals surface area contributed by atoms with Gasteiger partial charge in [0.1, 0.15) is 5.78 Å². The molecule has 174 valence electrons. The number of anilines is 1. The maximum absolute atomic E-state index is 12.3. The zero-order valence-electron chi connectivity index (χ0n) is 21.0. The minimum atomic E-state index is 0.175. The molecule has 0 amide bonds. The first-order chi connectivity index (χ1) is 16.3. The lowest BCUT2D eigenvalue weighted by atomic mass is 9.84. The minimum absolute atomic E-state index is 0.175. The number of Topliss-reactive ketones (excluding diaryl/α,β-unsaturated/α-hetero) is 1. The third-order valence-corrected chi connectivity index (χ3v) is 7.52. The van der Waals surface area contributed by atoms with E-state index in [1.54, 1.807) is 18.9 Å². The number of rotatable bonds is 6. The molecule has 4 heteroatoms. The number of hydrogen-bond acceptors (Lipinski definition) is 4. The van der Waals surface area contributed by atoms with Crippen LogP contribution < -0.4 is 4.31 Å². The highest BCUT2D eigenvalue weighted by Crippen LogP contribution is 2.50. The molecule has 0 radical (unpaired) electrons. The molecule has 1 atom stereocenters. The smallest absolute Gasteiger partial charge is 0.134 e. The summed E-state index contributed by atoms with van der Waals surface area (Å²) < 4.78 is 2.38. The molecular formula is C30H32N2OS. The molecule has 1 aromatic heterocycles. The van der Waals surface area contributed by atoms with Crippen LogP contribution in [-0.2, 0) is 17.6 Å². The number of hydrogen-bond donors (Lipinski definition) is 0. The van der Waals surface area contributed by atoms with Crippen LogP contribution in [-0.4, -0.2) is 17.0 Å². The molecule has 2 aromatic carbocycles. The van der Waals surface area contributed by atoms with Gasteiger partial charge < -0.3 is 4.31 Å². The Balaban J connectivity index is 1.96. The van der Waals surface area contributed by atoms with Crippen molar-refractivity contribution in [1.82, 2.24) is 4.98 Å². The van der Waals surface area contributed by atoms with Gasteiger partial charge in [-0.2, -0.15) is 0 Å². The predicted octanol–water partition coefficient (Wildman–Crippen LogP) is 7.28. The van der Waals surface area contributed by atoms with Crippen molar-refractivity contribution in [2.45, 2.75) is 59.9 Å². The summed E-state index contributed by atoms with van der Waals surface area (Å²) in [5, 5.41) is 0. The van der Waals surface area contributed by atoms with Gasteiger partial charge in [-0.15, -0.1) is 11.8 Å². The molecule has 3 nitrogen and oxygen atoms in total. The van der Waals surface area contributed by atoms with Crippen molar-refractivity contribution in [2.75, 3.05) is 10.6 Å². The van der Waals surface area contributed by atoms with E-state index in [4.69, 9.17) is 4.98 Å². The lowest BCUT2D eigenvalue weighted by molar-refractivity contribution is -0.116. The third-order valence-electron chi connectivity index (χ3n) is 6.63. The molecule has 0 bridgehead atoms. The number of carbonyl (C=O) groups excluding carboxylic acids is 1. The monoisotopic (exact) mass is 468 g/mol. The van der Waals surface area contributed by atoms with Gasteiger partial charge in [0.25, 0.3) is 0 Å². The summed E-state index contributed by atoms with van der Waals surface area (Å²) in [7, 11) is 0. The molecule has 1 aliphatic rings. The molecule has 0 unspecified atom stereocenters. The maximum Gasteiger partial charge on any atom is 0.134 e. The summed E-state index contributed by atoms with van der Waals surface area (Å²) in [5.41, 5.74) is 11.6. The first kappa shape index (κ1) is 24.1. The quantitative estimate of drug-likeness (QED) is 0.281. The van der Waals surface area contributed by atoms with Crippen LogP contribution in [0.5, 0.6) is 0 Å². The van der Waals surface area contributed by atoms with Crippen LogP contribution in [0.3, 0.4) is 0 Å². The van der Waals surface area contributed by atoms with E-state index >= 15 is 0 Å². The number of aryl methyl sites for hydroxylation is 2. The number of ketones is 1. The first-order valence-electron chi connectivity index (χ1n) is 11.8. The van der Waals surface area contributed by atoms with Crippen LogP contribution in [0.25, 0.3) is 22.4 Å². The van der Waals surface area contributed by atoms with Gasteiger partial charge in [-0.25, -0.2) is 0 Å². The van der Waals surface area contributed by atoms with Crippen molar-refractivity contribution in [3.05, 3.63) is 70.4 Å². The number of aromatic nitrogens is 1. The van der Waals surface area contributed by atoms with E-state index in [1.807, 2.05) is 13.1 Å². The van der Waals surface area contributed by atoms with Crippen molar-refractivity contribution in [2.24, 2.45) is 0 Å². The van der Waals surface area contributed by atoms with E-state index in [0.29, 0.717) is 6.42 Å². The van der Waals surface area contributed by atoms with Gasteiger partial charge in [-0.1, -0.05) is 41.8 Å². The normalized spacial score (nSPS) is 14.2. The van der Waals surface area contributed by atoms with Crippen molar-refractivity contribution in [3.63, 3.8) is 0 Å². The summed E-state index contributed by atoms with van der Waals surface area (Å²) >= 11 is 1.73. The second-order valence-corrected chi connectivity index (χ2v) is 9.82. The number of pyridine rings is 1. The Morgan fingerprint density at radius 1 is 1.15 bits per heavy atom. The van der Waals surface area contributed by atoms with Crippen LogP contribution in [0.2, 0.25) is 0 Å². The lowest BCUT2D eigenvalue weighted by Crippen LogP contribution is -2.26. The van der Waals surface area contributed by atoms with Crippen LogP contribution in [0.4, 0.5) is 5.69 Å². The van der Waals surface area contributed by atoms with Crippen molar-refractivity contribution < 1.29 is 4.79 Å². The van der Waals surface area contributed by atoms with Gasteiger partial charge >= 0.3 is 0 Å². The molecule has 2 heterocycles. The van der Waals surface area contributed by atoms with Crippen LogP contribution in [0, 0.1) is 25.7 Å². The van der Waals surface area contributed by atoms with Crippen LogP contribution in [0.15, 0.2) is 42.6 Å². The average Bonchev–Trinajstić information content (AvgIpc) is 2.82. The van der Waals surface area contributed by atoms with Crippen LogP contribution >= 0.6 is 11.9 Å². The molecule has 34 heavy (non-hydrogen) atoms. The molecule has 0 saturated heterocycles. The topological polar surface area (TPSA) is 33.2 Å². The van der Waals surface area contributed by atoms with Gasteiger partial charge in [-0.3, -0.25) is 9.78 Å². The SMILES string of the molecule is CC#CCCc1cnc2c(c1)[C@@H](C)N(SC)c1c-2cc(-c2ccc(C)cc2)c(CC(C)=O)c1C. The first-order valence-corrected chi connectivity index (χ1v) is 13.0. The minimum Gasteiger partial charge on any atom is -0.308 e. The van der Waals surface area contributed by atoms with Crippen molar-refractivity contribution in [3.8, 4) is 34.2 Å². The van der Waals surface area contributed by atoms with Crippen LogP contribution in [0.1, 0.15) is 61.1 Å². The highest BCUT2D eigenvalue weighted by Gasteiger charge is 2.32. The highest BCUT2D eigenvalue weighted by atomic mass is 32.2. The van der Waals surface area contributed by atoms with Gasteiger partial charge in [0.05, 0.1) is 17.4 Å². The number of benzene rings is 2. The number of nitrogens with zero attached hydrogens (tertiary/aromatic N) is 2. The summed E-state index contributed by atoms with van der Waals surface area (Å²) in [6, 6.07) is 13.3. The molecular weight excluding hydrogens is 436 g/mol. The summed E-state index contributed by atoms with van der Waals surface area (Å²) in [6.45, 7) is 10.1. The van der Waals surface area contributed by atoms with Gasteiger partial charge in [0.15, 0.2) is 0 Å². The molecule has 0 spiro atoms. The predicted molar refractivity (Wildman–Crippen MR) is 145 cm³/mol. The molecule has 3 aromatic rings. The van der Waals surface area contributed by atoms with E-state index in [2.05, 4.69) is 79.6 Å². The van der Waals surface area contributed by atoms with Gasteiger partial charge in [0.2, 0.25) is 0 Å². The fourth-order valence-corrected chi connectivity index (χ4v) is 5.74.